The van der Waals surface area contributed by atoms with Gasteiger partial charge in [0.1, 0.15) is 0 Å². The van der Waals surface area contributed by atoms with Crippen molar-refractivity contribution in [3.8, 4) is 17.2 Å². The number of hydrogen-bond acceptors (Lipinski definition) is 4. The zero-order valence-corrected chi connectivity index (χ0v) is 11.4. The summed E-state index contributed by atoms with van der Waals surface area (Å²) in [7, 11) is 0. The molecule has 1 N–H and O–H groups in total. The Kier molecular flexibility index (Phi) is 3.02. The van der Waals surface area contributed by atoms with Gasteiger partial charge in [0.25, 0.3) is 5.88 Å². The van der Waals surface area contributed by atoms with Crippen molar-refractivity contribution in [1.82, 2.24) is 14.7 Å². The van der Waals surface area contributed by atoms with E-state index in [9.17, 15) is 5.11 Å². The first-order valence-corrected chi connectivity index (χ1v) is 6.35. The summed E-state index contributed by atoms with van der Waals surface area (Å²) in [4.78, 5) is 4.06. The van der Waals surface area contributed by atoms with Crippen LogP contribution in [0.5, 0.6) is 5.88 Å². The minimum absolute atomic E-state index is 0.0993. The highest BCUT2D eigenvalue weighted by atomic mass is 16.5. The van der Waals surface area contributed by atoms with Gasteiger partial charge in [0, 0.05) is 30.6 Å². The summed E-state index contributed by atoms with van der Waals surface area (Å²) < 4.78 is 7.13. The number of aryl methyl sites for hydroxylation is 2. The molecule has 5 nitrogen and oxygen atoms in total. The van der Waals surface area contributed by atoms with Crippen molar-refractivity contribution in [2.24, 2.45) is 0 Å². The molecule has 0 unspecified atom stereocenters. The van der Waals surface area contributed by atoms with Crippen LogP contribution < -0.4 is 0 Å². The molecule has 0 aliphatic rings. The van der Waals surface area contributed by atoms with Gasteiger partial charge in [-0.05, 0) is 47.8 Å². The van der Waals surface area contributed by atoms with E-state index >= 15 is 0 Å². The van der Waals surface area contributed by atoms with Crippen LogP contribution in [0, 0.1) is 13.8 Å². The first kappa shape index (κ1) is 12.5. The van der Waals surface area contributed by atoms with Crippen molar-refractivity contribution in [2.75, 3.05) is 0 Å². The first-order chi connectivity index (χ1) is 9.63. The second-order valence-corrected chi connectivity index (χ2v) is 4.87. The van der Waals surface area contributed by atoms with E-state index < -0.39 is 0 Å². The lowest BCUT2D eigenvalue weighted by molar-refractivity contribution is 0.365. The molecule has 20 heavy (non-hydrogen) atoms. The lowest BCUT2D eigenvalue weighted by Crippen LogP contribution is -2.02. The minimum atomic E-state index is -0.0993. The topological polar surface area (TPSA) is 64.1 Å². The van der Waals surface area contributed by atoms with Gasteiger partial charge >= 0.3 is 0 Å². The number of benzene rings is 1. The summed E-state index contributed by atoms with van der Waals surface area (Å²) in [6.07, 6.45) is 5.53. The highest BCUT2D eigenvalue weighted by Gasteiger charge is 2.11. The third kappa shape index (κ3) is 2.30. The second kappa shape index (κ2) is 4.85. The van der Waals surface area contributed by atoms with Crippen molar-refractivity contribution in [3.05, 3.63) is 53.6 Å². The molecule has 2 heterocycles. The van der Waals surface area contributed by atoms with Gasteiger partial charge in [-0.3, -0.25) is 0 Å². The summed E-state index contributed by atoms with van der Waals surface area (Å²) in [5.74, 6) is 0.473. The number of hydrogen-bond donors (Lipinski definition) is 1. The van der Waals surface area contributed by atoms with Crippen LogP contribution in [0.2, 0.25) is 0 Å². The van der Waals surface area contributed by atoms with Crippen LogP contribution in [0.15, 0.2) is 41.4 Å². The van der Waals surface area contributed by atoms with Crippen molar-refractivity contribution in [3.63, 3.8) is 0 Å². The Morgan fingerprint density at radius 2 is 1.95 bits per heavy atom. The predicted octanol–water partition coefficient (Wildman–Crippen LogP) is 2.91. The summed E-state index contributed by atoms with van der Waals surface area (Å²) in [5.41, 5.74) is 4.52. The van der Waals surface area contributed by atoms with Crippen molar-refractivity contribution in [1.29, 1.82) is 0 Å². The number of imidazole rings is 1. The fraction of sp³-hybridized carbons (Fsp3) is 0.200. The van der Waals surface area contributed by atoms with E-state index in [2.05, 4.69) is 24.0 Å². The fourth-order valence-corrected chi connectivity index (χ4v) is 2.35. The van der Waals surface area contributed by atoms with Gasteiger partial charge in [-0.25, -0.2) is 4.98 Å². The minimum Gasteiger partial charge on any atom is -0.491 e. The molecule has 2 aromatic heterocycles. The standard InChI is InChI=1S/C15H15N3O2/c1-10-5-12(14-7-15(19)17-20-14)6-11(2)13(10)8-18-4-3-16-9-18/h3-7,9H,8H2,1-2H3,(H,17,19). The zero-order chi connectivity index (χ0) is 14.1. The second-order valence-electron chi connectivity index (χ2n) is 4.87. The van der Waals surface area contributed by atoms with Crippen LogP contribution in [0.3, 0.4) is 0 Å². The number of aromatic nitrogens is 3. The number of aromatic hydroxyl groups is 1. The molecule has 0 saturated carbocycles. The van der Waals surface area contributed by atoms with Crippen LogP contribution in [0.25, 0.3) is 11.3 Å². The maximum Gasteiger partial charge on any atom is 0.252 e. The molecule has 3 rings (SSSR count). The Morgan fingerprint density at radius 1 is 1.20 bits per heavy atom. The molecule has 0 aliphatic heterocycles. The molecule has 0 amide bonds. The average Bonchev–Trinajstić information content (AvgIpc) is 3.05. The molecule has 0 atom stereocenters. The molecular weight excluding hydrogens is 254 g/mol. The summed E-state index contributed by atoms with van der Waals surface area (Å²) >= 11 is 0. The van der Waals surface area contributed by atoms with E-state index in [-0.39, 0.29) is 5.88 Å². The van der Waals surface area contributed by atoms with E-state index in [0.29, 0.717) is 5.76 Å². The fourth-order valence-electron chi connectivity index (χ4n) is 2.35. The number of rotatable bonds is 3. The Morgan fingerprint density at radius 3 is 2.50 bits per heavy atom. The van der Waals surface area contributed by atoms with Crippen molar-refractivity contribution in [2.45, 2.75) is 20.4 Å². The molecule has 0 saturated heterocycles. The first-order valence-electron chi connectivity index (χ1n) is 6.35. The lowest BCUT2D eigenvalue weighted by Gasteiger charge is -2.12. The van der Waals surface area contributed by atoms with E-state index in [1.807, 2.05) is 22.9 Å². The molecular formula is C15H15N3O2. The van der Waals surface area contributed by atoms with E-state index in [1.165, 1.54) is 22.8 Å². The lowest BCUT2D eigenvalue weighted by atomic mass is 9.98. The van der Waals surface area contributed by atoms with E-state index in [1.54, 1.807) is 12.5 Å². The van der Waals surface area contributed by atoms with E-state index in [4.69, 9.17) is 4.52 Å². The third-order valence-electron chi connectivity index (χ3n) is 3.38. The summed E-state index contributed by atoms with van der Waals surface area (Å²) in [6.45, 7) is 4.93. The van der Waals surface area contributed by atoms with Gasteiger partial charge in [-0.2, -0.15) is 0 Å². The Labute approximate surface area is 116 Å². The van der Waals surface area contributed by atoms with Crippen LogP contribution in [0.1, 0.15) is 16.7 Å². The quantitative estimate of drug-likeness (QED) is 0.794. The van der Waals surface area contributed by atoms with Gasteiger partial charge in [-0.15, -0.1) is 0 Å². The Balaban J connectivity index is 1.98. The van der Waals surface area contributed by atoms with Crippen LogP contribution >= 0.6 is 0 Å². The molecule has 0 aliphatic carbocycles. The average molecular weight is 269 g/mol. The van der Waals surface area contributed by atoms with Gasteiger partial charge in [0.05, 0.1) is 6.33 Å². The highest BCUT2D eigenvalue weighted by molar-refractivity contribution is 5.61. The largest absolute Gasteiger partial charge is 0.491 e. The van der Waals surface area contributed by atoms with Crippen molar-refractivity contribution >= 4 is 0 Å². The predicted molar refractivity (Wildman–Crippen MR) is 74.4 cm³/mol. The molecule has 102 valence electrons. The van der Waals surface area contributed by atoms with Crippen LogP contribution in [0.4, 0.5) is 0 Å². The molecule has 1 aromatic carbocycles. The van der Waals surface area contributed by atoms with Gasteiger partial charge < -0.3 is 14.2 Å². The molecule has 0 bridgehead atoms. The Bertz CT molecular complexity index is 706. The normalized spacial score (nSPS) is 10.9. The number of nitrogens with zero attached hydrogens (tertiary/aromatic N) is 3. The molecule has 5 heteroatoms. The maximum atomic E-state index is 9.26. The van der Waals surface area contributed by atoms with Crippen LogP contribution in [-0.2, 0) is 6.54 Å². The van der Waals surface area contributed by atoms with Gasteiger partial charge in [0.2, 0.25) is 0 Å². The van der Waals surface area contributed by atoms with Gasteiger partial charge in [0.15, 0.2) is 5.76 Å². The third-order valence-corrected chi connectivity index (χ3v) is 3.38. The maximum absolute atomic E-state index is 9.26. The molecule has 0 fully saturated rings. The molecule has 3 aromatic rings. The SMILES string of the molecule is Cc1cc(-c2cc(O)no2)cc(C)c1Cn1ccnc1. The monoisotopic (exact) mass is 269 g/mol. The summed E-state index contributed by atoms with van der Waals surface area (Å²) in [5, 5.41) is 12.8. The van der Waals surface area contributed by atoms with E-state index in [0.717, 1.165) is 12.1 Å². The Hall–Kier alpha value is -2.56. The summed E-state index contributed by atoms with van der Waals surface area (Å²) in [6, 6.07) is 5.60. The van der Waals surface area contributed by atoms with Crippen LogP contribution in [-0.4, -0.2) is 19.8 Å². The zero-order valence-electron chi connectivity index (χ0n) is 11.4. The van der Waals surface area contributed by atoms with Crippen molar-refractivity contribution < 1.29 is 9.63 Å². The molecule has 0 spiro atoms. The smallest absolute Gasteiger partial charge is 0.252 e. The highest BCUT2D eigenvalue weighted by Crippen LogP contribution is 2.27. The van der Waals surface area contributed by atoms with Gasteiger partial charge in [-0.1, -0.05) is 0 Å². The molecule has 0 radical (unpaired) electrons.